The highest BCUT2D eigenvalue weighted by Crippen LogP contribution is 2.16. The highest BCUT2D eigenvalue weighted by Gasteiger charge is 2.29. The van der Waals surface area contributed by atoms with Crippen molar-refractivity contribution in [2.24, 2.45) is 0 Å². The monoisotopic (exact) mass is 304 g/mol. The van der Waals surface area contributed by atoms with Crippen LogP contribution in [0.3, 0.4) is 0 Å². The molecule has 0 spiro atoms. The summed E-state index contributed by atoms with van der Waals surface area (Å²) in [5.41, 5.74) is 1.15. The number of hydrogen-bond acceptors (Lipinski definition) is 3. The number of hydrogen-bond donors (Lipinski definition) is 1. The van der Waals surface area contributed by atoms with E-state index in [2.05, 4.69) is 5.32 Å². The molecule has 0 aromatic heterocycles. The Bertz CT molecular complexity index is 393. The number of ether oxygens (including phenoxy) is 1. The third-order valence-electron chi connectivity index (χ3n) is 3.03. The van der Waals surface area contributed by atoms with Gasteiger partial charge < -0.3 is 10.1 Å². The molecule has 0 saturated heterocycles. The van der Waals surface area contributed by atoms with Crippen LogP contribution in [0.1, 0.15) is 19.4 Å². The molecule has 1 aromatic carbocycles. The Morgan fingerprint density at radius 2 is 1.81 bits per heavy atom. The summed E-state index contributed by atoms with van der Waals surface area (Å²) in [7, 11) is 0. The zero-order valence-electron chi connectivity index (χ0n) is 12.5. The van der Waals surface area contributed by atoms with Crippen molar-refractivity contribution < 1.29 is 17.9 Å². The number of nitrogens with one attached hydrogen (secondary N) is 1. The van der Waals surface area contributed by atoms with Gasteiger partial charge in [-0.05, 0) is 30.8 Å². The molecule has 0 radical (unpaired) electrons. The van der Waals surface area contributed by atoms with Crippen molar-refractivity contribution in [2.75, 3.05) is 32.8 Å². The molecule has 0 bridgehead atoms. The first kappa shape index (κ1) is 17.8. The van der Waals surface area contributed by atoms with Gasteiger partial charge in [-0.25, -0.2) is 0 Å². The van der Waals surface area contributed by atoms with Crippen LogP contribution in [0.5, 0.6) is 5.75 Å². The number of benzene rings is 1. The van der Waals surface area contributed by atoms with E-state index >= 15 is 0 Å². The van der Waals surface area contributed by atoms with Crippen LogP contribution in [-0.2, 0) is 6.54 Å². The van der Waals surface area contributed by atoms with Crippen molar-refractivity contribution in [1.82, 2.24) is 10.2 Å². The Morgan fingerprint density at radius 1 is 1.14 bits per heavy atom. The Hall–Kier alpha value is -1.27. The SMILES string of the molecule is CCNCc1ccc(OCCN(CC)CC(F)(F)F)cc1. The highest BCUT2D eigenvalue weighted by molar-refractivity contribution is 5.27. The standard InChI is InChI=1S/C15H23F3N2O/c1-3-19-11-13-5-7-14(8-6-13)21-10-9-20(4-2)12-15(16,17)18/h5-8,19H,3-4,9-12H2,1-2H3. The first-order valence-corrected chi connectivity index (χ1v) is 7.16. The maximum absolute atomic E-state index is 12.3. The quantitative estimate of drug-likeness (QED) is 0.759. The summed E-state index contributed by atoms with van der Waals surface area (Å²) < 4.78 is 42.4. The topological polar surface area (TPSA) is 24.5 Å². The Morgan fingerprint density at radius 3 is 2.33 bits per heavy atom. The number of nitrogens with zero attached hydrogens (tertiary/aromatic N) is 1. The molecule has 1 aromatic rings. The van der Waals surface area contributed by atoms with Gasteiger partial charge in [-0.2, -0.15) is 13.2 Å². The van der Waals surface area contributed by atoms with Crippen LogP contribution in [0, 0.1) is 0 Å². The highest BCUT2D eigenvalue weighted by atomic mass is 19.4. The predicted octanol–water partition coefficient (Wildman–Crippen LogP) is 3.06. The van der Waals surface area contributed by atoms with Gasteiger partial charge in [-0.15, -0.1) is 0 Å². The second-order valence-electron chi connectivity index (χ2n) is 4.76. The molecule has 0 aliphatic heterocycles. The normalized spacial score (nSPS) is 11.9. The summed E-state index contributed by atoms with van der Waals surface area (Å²) in [4.78, 5) is 1.32. The molecule has 0 unspecified atom stereocenters. The van der Waals surface area contributed by atoms with E-state index < -0.39 is 12.7 Å². The Kier molecular flexibility index (Phi) is 7.53. The van der Waals surface area contributed by atoms with Crippen molar-refractivity contribution in [2.45, 2.75) is 26.6 Å². The number of rotatable bonds is 9. The fourth-order valence-corrected chi connectivity index (χ4v) is 1.87. The zero-order chi connectivity index (χ0) is 15.7. The second kappa shape index (κ2) is 8.89. The molecule has 0 aliphatic rings. The molecule has 0 fully saturated rings. The summed E-state index contributed by atoms with van der Waals surface area (Å²) in [6.07, 6.45) is -4.16. The minimum Gasteiger partial charge on any atom is -0.492 e. The van der Waals surface area contributed by atoms with Crippen LogP contribution in [0.25, 0.3) is 0 Å². The van der Waals surface area contributed by atoms with E-state index in [1.807, 2.05) is 31.2 Å². The van der Waals surface area contributed by atoms with Gasteiger partial charge >= 0.3 is 6.18 Å². The molecular weight excluding hydrogens is 281 g/mol. The molecule has 1 N–H and O–H groups in total. The van der Waals surface area contributed by atoms with Crippen LogP contribution in [0.15, 0.2) is 24.3 Å². The third kappa shape index (κ3) is 7.92. The molecule has 3 nitrogen and oxygen atoms in total. The van der Waals surface area contributed by atoms with E-state index in [9.17, 15) is 13.2 Å². The Balaban J connectivity index is 2.34. The van der Waals surface area contributed by atoms with E-state index in [0.717, 1.165) is 18.7 Å². The zero-order valence-corrected chi connectivity index (χ0v) is 12.5. The minimum atomic E-state index is -4.16. The molecule has 1 rings (SSSR count). The van der Waals surface area contributed by atoms with Gasteiger partial charge in [-0.3, -0.25) is 4.90 Å². The molecule has 0 aliphatic carbocycles. The minimum absolute atomic E-state index is 0.247. The average molecular weight is 304 g/mol. The predicted molar refractivity (Wildman–Crippen MR) is 77.5 cm³/mol. The van der Waals surface area contributed by atoms with Crippen molar-refractivity contribution in [3.63, 3.8) is 0 Å². The summed E-state index contributed by atoms with van der Waals surface area (Å²) in [6, 6.07) is 7.58. The lowest BCUT2D eigenvalue weighted by molar-refractivity contribution is -0.146. The fraction of sp³-hybridized carbons (Fsp3) is 0.600. The van der Waals surface area contributed by atoms with Crippen molar-refractivity contribution in [3.8, 4) is 5.75 Å². The van der Waals surface area contributed by atoms with Crippen LogP contribution in [-0.4, -0.2) is 43.9 Å². The molecule has 6 heteroatoms. The average Bonchev–Trinajstić information content (AvgIpc) is 2.44. The first-order valence-electron chi connectivity index (χ1n) is 7.16. The second-order valence-corrected chi connectivity index (χ2v) is 4.76. The van der Waals surface area contributed by atoms with E-state index in [0.29, 0.717) is 12.3 Å². The van der Waals surface area contributed by atoms with Crippen molar-refractivity contribution in [1.29, 1.82) is 0 Å². The van der Waals surface area contributed by atoms with Gasteiger partial charge in [0.25, 0.3) is 0 Å². The van der Waals surface area contributed by atoms with E-state index in [4.69, 9.17) is 4.74 Å². The smallest absolute Gasteiger partial charge is 0.401 e. The lowest BCUT2D eigenvalue weighted by Gasteiger charge is -2.21. The van der Waals surface area contributed by atoms with Crippen molar-refractivity contribution in [3.05, 3.63) is 29.8 Å². The molecule has 0 amide bonds. The lowest BCUT2D eigenvalue weighted by Crippen LogP contribution is -2.36. The van der Waals surface area contributed by atoms with Crippen LogP contribution in [0.4, 0.5) is 13.2 Å². The summed E-state index contributed by atoms with van der Waals surface area (Å²) in [5, 5.41) is 3.22. The van der Waals surface area contributed by atoms with Gasteiger partial charge in [0.15, 0.2) is 0 Å². The van der Waals surface area contributed by atoms with Gasteiger partial charge in [0.1, 0.15) is 12.4 Å². The van der Waals surface area contributed by atoms with E-state index in [1.54, 1.807) is 6.92 Å². The van der Waals surface area contributed by atoms with E-state index in [1.165, 1.54) is 4.90 Å². The lowest BCUT2D eigenvalue weighted by atomic mass is 10.2. The molecule has 0 heterocycles. The first-order chi connectivity index (χ1) is 9.94. The van der Waals surface area contributed by atoms with E-state index in [-0.39, 0.29) is 13.2 Å². The van der Waals surface area contributed by atoms with Crippen LogP contribution < -0.4 is 10.1 Å². The molecule has 21 heavy (non-hydrogen) atoms. The molecule has 0 saturated carbocycles. The fourth-order valence-electron chi connectivity index (χ4n) is 1.87. The van der Waals surface area contributed by atoms with Gasteiger partial charge in [0, 0.05) is 13.1 Å². The van der Waals surface area contributed by atoms with Gasteiger partial charge in [-0.1, -0.05) is 26.0 Å². The molecule has 0 atom stereocenters. The van der Waals surface area contributed by atoms with Gasteiger partial charge in [0.2, 0.25) is 0 Å². The van der Waals surface area contributed by atoms with Crippen LogP contribution in [0.2, 0.25) is 0 Å². The summed E-state index contributed by atoms with van der Waals surface area (Å²) >= 11 is 0. The maximum atomic E-state index is 12.3. The number of likely N-dealkylation sites (N-methyl/N-ethyl adjacent to an activating group) is 1. The third-order valence-corrected chi connectivity index (χ3v) is 3.03. The largest absolute Gasteiger partial charge is 0.492 e. The van der Waals surface area contributed by atoms with Crippen molar-refractivity contribution >= 4 is 0 Å². The molecular formula is C15H23F3N2O. The van der Waals surface area contributed by atoms with Gasteiger partial charge in [0.05, 0.1) is 6.54 Å². The van der Waals surface area contributed by atoms with Crippen LogP contribution >= 0.6 is 0 Å². The molecule has 120 valence electrons. The number of alkyl halides is 3. The Labute approximate surface area is 124 Å². The summed E-state index contributed by atoms with van der Waals surface area (Å²) in [5.74, 6) is 0.679. The maximum Gasteiger partial charge on any atom is 0.401 e. The number of halogens is 3. The summed E-state index contributed by atoms with van der Waals surface area (Å²) in [6.45, 7) is 5.42.